The van der Waals surface area contributed by atoms with E-state index in [1.54, 1.807) is 7.05 Å². The molecule has 0 fully saturated rings. The number of halogens is 1. The van der Waals surface area contributed by atoms with Gasteiger partial charge in [-0.3, -0.25) is 4.79 Å². The molecule has 132 valence electrons. The average Bonchev–Trinajstić information content (AvgIpc) is 2.53. The first-order valence-corrected chi connectivity index (χ1v) is 7.33. The summed E-state index contributed by atoms with van der Waals surface area (Å²) >= 11 is 0. The Balaban J connectivity index is 0.00000484. The summed E-state index contributed by atoms with van der Waals surface area (Å²) in [4.78, 5) is 13.4. The zero-order valence-electron chi connectivity index (χ0n) is 13.7. The van der Waals surface area contributed by atoms with E-state index in [-0.39, 0.29) is 44.0 Å². The fourth-order valence-electron chi connectivity index (χ4n) is 1.97. The number of ether oxygens (including phenoxy) is 2. The van der Waals surface area contributed by atoms with Gasteiger partial charge < -0.3 is 25.2 Å². The SMILES string of the molecule is COC(CN)CC(=O)N(C)CC(O)COCc1ccccc1.Cl. The van der Waals surface area contributed by atoms with Crippen molar-refractivity contribution in [2.75, 3.05) is 33.9 Å². The highest BCUT2D eigenvalue weighted by molar-refractivity contribution is 5.85. The van der Waals surface area contributed by atoms with Gasteiger partial charge in [-0.15, -0.1) is 12.4 Å². The topological polar surface area (TPSA) is 85.0 Å². The molecule has 1 aromatic carbocycles. The number of hydrogen-bond donors (Lipinski definition) is 2. The van der Waals surface area contributed by atoms with Crippen LogP contribution in [0.4, 0.5) is 0 Å². The van der Waals surface area contributed by atoms with Crippen LogP contribution in [0.2, 0.25) is 0 Å². The molecule has 0 bridgehead atoms. The van der Waals surface area contributed by atoms with Gasteiger partial charge in [-0.05, 0) is 5.56 Å². The van der Waals surface area contributed by atoms with Crippen LogP contribution in [0.5, 0.6) is 0 Å². The van der Waals surface area contributed by atoms with Gasteiger partial charge in [0.2, 0.25) is 5.91 Å². The number of aliphatic hydroxyl groups is 1. The number of carbonyl (C=O) groups is 1. The monoisotopic (exact) mass is 346 g/mol. The summed E-state index contributed by atoms with van der Waals surface area (Å²) < 4.78 is 10.5. The second-order valence-electron chi connectivity index (χ2n) is 5.23. The van der Waals surface area contributed by atoms with Crippen molar-refractivity contribution in [2.24, 2.45) is 5.73 Å². The highest BCUT2D eigenvalue weighted by atomic mass is 35.5. The Labute approximate surface area is 144 Å². The number of nitrogens with two attached hydrogens (primary N) is 1. The summed E-state index contributed by atoms with van der Waals surface area (Å²) in [6, 6.07) is 9.73. The summed E-state index contributed by atoms with van der Waals surface area (Å²) in [5.41, 5.74) is 6.54. The van der Waals surface area contributed by atoms with E-state index in [0.29, 0.717) is 13.2 Å². The van der Waals surface area contributed by atoms with Gasteiger partial charge in [-0.1, -0.05) is 30.3 Å². The maximum absolute atomic E-state index is 11.9. The molecule has 0 aliphatic carbocycles. The minimum Gasteiger partial charge on any atom is -0.389 e. The molecular formula is C16H27ClN2O4. The van der Waals surface area contributed by atoms with Crippen LogP contribution < -0.4 is 5.73 Å². The van der Waals surface area contributed by atoms with Gasteiger partial charge in [0, 0.05) is 27.2 Å². The lowest BCUT2D eigenvalue weighted by Gasteiger charge is -2.22. The molecule has 1 amide bonds. The van der Waals surface area contributed by atoms with Crippen molar-refractivity contribution < 1.29 is 19.4 Å². The zero-order chi connectivity index (χ0) is 16.4. The number of nitrogens with zero attached hydrogens (tertiary/aromatic N) is 1. The van der Waals surface area contributed by atoms with E-state index in [9.17, 15) is 9.90 Å². The van der Waals surface area contributed by atoms with Gasteiger partial charge in [-0.25, -0.2) is 0 Å². The van der Waals surface area contributed by atoms with Gasteiger partial charge >= 0.3 is 0 Å². The highest BCUT2D eigenvalue weighted by Gasteiger charge is 2.17. The van der Waals surface area contributed by atoms with Crippen molar-refractivity contribution in [3.05, 3.63) is 35.9 Å². The maximum atomic E-state index is 11.9. The van der Waals surface area contributed by atoms with E-state index in [1.807, 2.05) is 30.3 Å². The zero-order valence-corrected chi connectivity index (χ0v) is 14.5. The van der Waals surface area contributed by atoms with Gasteiger partial charge in [0.1, 0.15) is 0 Å². The largest absolute Gasteiger partial charge is 0.389 e. The van der Waals surface area contributed by atoms with Crippen LogP contribution in [0.3, 0.4) is 0 Å². The third kappa shape index (κ3) is 8.88. The molecule has 1 rings (SSSR count). The number of rotatable bonds is 10. The van der Waals surface area contributed by atoms with E-state index in [0.717, 1.165) is 5.56 Å². The van der Waals surface area contributed by atoms with Crippen LogP contribution in [-0.4, -0.2) is 62.0 Å². The number of benzene rings is 1. The van der Waals surface area contributed by atoms with E-state index in [1.165, 1.54) is 12.0 Å². The standard InChI is InChI=1S/C16H26N2O4.ClH/c1-18(16(20)8-15(9-17)21-2)10-14(19)12-22-11-13-6-4-3-5-7-13;/h3-7,14-15,19H,8-12,17H2,1-2H3;1H. The van der Waals surface area contributed by atoms with Crippen molar-refractivity contribution in [1.29, 1.82) is 0 Å². The van der Waals surface area contributed by atoms with E-state index >= 15 is 0 Å². The smallest absolute Gasteiger partial charge is 0.225 e. The molecule has 0 radical (unpaired) electrons. The first-order chi connectivity index (χ1) is 10.6. The summed E-state index contributed by atoms with van der Waals surface area (Å²) in [6.07, 6.45) is -0.806. The maximum Gasteiger partial charge on any atom is 0.225 e. The lowest BCUT2D eigenvalue weighted by Crippen LogP contribution is -2.39. The number of aliphatic hydroxyl groups excluding tert-OH is 1. The van der Waals surface area contributed by atoms with Gasteiger partial charge in [0.25, 0.3) is 0 Å². The van der Waals surface area contributed by atoms with Crippen molar-refractivity contribution >= 4 is 18.3 Å². The second-order valence-corrected chi connectivity index (χ2v) is 5.23. The van der Waals surface area contributed by atoms with Gasteiger partial charge in [-0.2, -0.15) is 0 Å². The van der Waals surface area contributed by atoms with E-state index in [4.69, 9.17) is 15.2 Å². The lowest BCUT2D eigenvalue weighted by molar-refractivity contribution is -0.134. The number of hydrogen-bond acceptors (Lipinski definition) is 5. The van der Waals surface area contributed by atoms with Gasteiger partial charge in [0.15, 0.2) is 0 Å². The summed E-state index contributed by atoms with van der Waals surface area (Å²) in [6.45, 7) is 1.12. The van der Waals surface area contributed by atoms with Crippen molar-refractivity contribution in [3.8, 4) is 0 Å². The van der Waals surface area contributed by atoms with Crippen LogP contribution in [0, 0.1) is 0 Å². The predicted octanol–water partition coefficient (Wildman–Crippen LogP) is 0.808. The Morgan fingerprint density at radius 1 is 1.35 bits per heavy atom. The summed E-state index contributed by atoms with van der Waals surface area (Å²) in [7, 11) is 3.17. The first-order valence-electron chi connectivity index (χ1n) is 7.33. The van der Waals surface area contributed by atoms with Crippen LogP contribution in [0.25, 0.3) is 0 Å². The van der Waals surface area contributed by atoms with E-state index in [2.05, 4.69) is 0 Å². The second kappa shape index (κ2) is 12.3. The fourth-order valence-corrected chi connectivity index (χ4v) is 1.97. The average molecular weight is 347 g/mol. The van der Waals surface area contributed by atoms with Crippen LogP contribution in [0.15, 0.2) is 30.3 Å². The van der Waals surface area contributed by atoms with Crippen LogP contribution in [0.1, 0.15) is 12.0 Å². The molecule has 0 saturated carbocycles. The molecule has 3 N–H and O–H groups in total. The van der Waals surface area contributed by atoms with Gasteiger partial charge in [0.05, 0.1) is 31.8 Å². The molecule has 0 spiro atoms. The minimum absolute atomic E-state index is 0. The molecule has 23 heavy (non-hydrogen) atoms. The van der Waals surface area contributed by atoms with Crippen LogP contribution in [-0.2, 0) is 20.9 Å². The summed E-state index contributed by atoms with van der Waals surface area (Å²) in [5.74, 6) is -0.112. The van der Waals surface area contributed by atoms with Crippen molar-refractivity contribution in [3.63, 3.8) is 0 Å². The molecule has 0 heterocycles. The van der Waals surface area contributed by atoms with Crippen molar-refractivity contribution in [2.45, 2.75) is 25.2 Å². The Bertz CT molecular complexity index is 429. The molecule has 0 aliphatic heterocycles. The third-order valence-electron chi connectivity index (χ3n) is 3.33. The third-order valence-corrected chi connectivity index (χ3v) is 3.33. The molecule has 2 atom stereocenters. The lowest BCUT2D eigenvalue weighted by atomic mass is 10.2. The molecular weight excluding hydrogens is 320 g/mol. The molecule has 0 saturated heterocycles. The quantitative estimate of drug-likeness (QED) is 0.655. The molecule has 0 aliphatic rings. The minimum atomic E-state index is -0.725. The first kappa shape index (κ1) is 21.8. The Morgan fingerprint density at radius 3 is 2.57 bits per heavy atom. The van der Waals surface area contributed by atoms with Crippen LogP contribution >= 0.6 is 12.4 Å². The van der Waals surface area contributed by atoms with Crippen molar-refractivity contribution in [1.82, 2.24) is 4.90 Å². The van der Waals surface area contributed by atoms with E-state index < -0.39 is 6.10 Å². The predicted molar refractivity (Wildman–Crippen MR) is 91.5 cm³/mol. The molecule has 0 aromatic heterocycles. The molecule has 7 heteroatoms. The number of carbonyl (C=O) groups excluding carboxylic acids is 1. The fraction of sp³-hybridized carbons (Fsp3) is 0.562. The molecule has 2 unspecified atom stereocenters. The Hall–Kier alpha value is -1.18. The highest BCUT2D eigenvalue weighted by Crippen LogP contribution is 2.03. The number of likely N-dealkylation sites (N-methyl/N-ethyl adjacent to an activating group) is 1. The summed E-state index contributed by atoms with van der Waals surface area (Å²) in [5, 5.41) is 9.92. The number of methoxy groups -OCH3 is 1. The normalized spacial score (nSPS) is 13.0. The molecule has 1 aromatic rings. The number of amides is 1. The molecule has 6 nitrogen and oxygen atoms in total. The Morgan fingerprint density at radius 2 is 2.00 bits per heavy atom. The Kier molecular flexibility index (Phi) is 11.6.